The predicted octanol–water partition coefficient (Wildman–Crippen LogP) is -1.25. The molecule has 0 aromatic heterocycles. The Morgan fingerprint density at radius 2 is 1.70 bits per heavy atom. The first-order chi connectivity index (χ1) is 4.59. The van der Waals surface area contributed by atoms with E-state index in [1.807, 2.05) is 0 Å². The second kappa shape index (κ2) is 3.80. The van der Waals surface area contributed by atoms with Gasteiger partial charge in [0.15, 0.2) is 5.92 Å². The fourth-order valence-electron chi connectivity index (χ4n) is 0.372. The van der Waals surface area contributed by atoms with E-state index in [-0.39, 0.29) is 0 Å². The van der Waals surface area contributed by atoms with E-state index >= 15 is 0 Å². The highest BCUT2D eigenvalue weighted by Gasteiger charge is 2.24. The minimum absolute atomic E-state index is 0.495. The molecule has 6 heteroatoms. The molecule has 0 aliphatic rings. The van der Waals surface area contributed by atoms with Crippen LogP contribution >= 0.6 is 0 Å². The van der Waals surface area contributed by atoms with Crippen molar-refractivity contribution in [2.45, 2.75) is 0 Å². The van der Waals surface area contributed by atoms with Gasteiger partial charge in [0.1, 0.15) is 0 Å². The van der Waals surface area contributed by atoms with Crippen molar-refractivity contribution >= 4 is 11.9 Å². The van der Waals surface area contributed by atoms with Crippen LogP contribution in [-0.2, 0) is 9.59 Å². The van der Waals surface area contributed by atoms with Crippen molar-refractivity contribution in [2.24, 2.45) is 5.92 Å². The molecule has 0 saturated carbocycles. The summed E-state index contributed by atoms with van der Waals surface area (Å²) < 4.78 is 0. The van der Waals surface area contributed by atoms with E-state index in [9.17, 15) is 9.59 Å². The maximum Gasteiger partial charge on any atom is 0.319 e. The third kappa shape index (κ3) is 2.42. The van der Waals surface area contributed by atoms with E-state index < -0.39 is 24.4 Å². The maximum absolute atomic E-state index is 10.00. The van der Waals surface area contributed by atoms with Crippen LogP contribution in [-0.4, -0.2) is 33.9 Å². The molecule has 0 atom stereocenters. The zero-order chi connectivity index (χ0) is 8.15. The highest BCUT2D eigenvalue weighted by atomic mass is 16.5. The van der Waals surface area contributed by atoms with Gasteiger partial charge in [-0.3, -0.25) is 9.59 Å². The van der Waals surface area contributed by atoms with Crippen molar-refractivity contribution in [3.05, 3.63) is 0 Å². The van der Waals surface area contributed by atoms with E-state index in [1.54, 1.807) is 0 Å². The molecule has 0 radical (unpaired) electrons. The molecule has 0 fully saturated rings. The van der Waals surface area contributed by atoms with Gasteiger partial charge in [0.2, 0.25) is 0 Å². The van der Waals surface area contributed by atoms with Crippen LogP contribution in [0.2, 0.25) is 0 Å². The first kappa shape index (κ1) is 8.86. The summed E-state index contributed by atoms with van der Waals surface area (Å²) in [5.41, 5.74) is 1.47. The Bertz CT molecular complexity index is 131. The van der Waals surface area contributed by atoms with Crippen molar-refractivity contribution in [3.8, 4) is 0 Å². The quantitative estimate of drug-likeness (QED) is 0.294. The van der Waals surface area contributed by atoms with Gasteiger partial charge in [-0.05, 0) is 0 Å². The SMILES string of the molecule is O=C(O)C(CNO)C(=O)O. The number of carboxylic acids is 2. The summed E-state index contributed by atoms with van der Waals surface area (Å²) in [5.74, 6) is -4.55. The molecule has 0 aromatic carbocycles. The Labute approximate surface area is 56.0 Å². The summed E-state index contributed by atoms with van der Waals surface area (Å²) in [6.07, 6.45) is 0. The molecule has 0 spiro atoms. The average Bonchev–Trinajstić information content (AvgIpc) is 1.81. The molecule has 58 valence electrons. The molecule has 6 nitrogen and oxygen atoms in total. The summed E-state index contributed by atoms with van der Waals surface area (Å²) in [6, 6.07) is 0. The van der Waals surface area contributed by atoms with Crippen LogP contribution in [0.4, 0.5) is 0 Å². The monoisotopic (exact) mass is 149 g/mol. The summed E-state index contributed by atoms with van der Waals surface area (Å²) in [4.78, 5) is 20.0. The first-order valence-electron chi connectivity index (χ1n) is 2.42. The van der Waals surface area contributed by atoms with E-state index in [1.165, 1.54) is 5.48 Å². The lowest BCUT2D eigenvalue weighted by Crippen LogP contribution is -2.32. The zero-order valence-electron chi connectivity index (χ0n) is 4.94. The summed E-state index contributed by atoms with van der Waals surface area (Å²) >= 11 is 0. The molecular weight excluding hydrogens is 142 g/mol. The molecule has 0 aliphatic carbocycles. The van der Waals surface area contributed by atoms with Crippen molar-refractivity contribution in [1.29, 1.82) is 0 Å². The fraction of sp³-hybridized carbons (Fsp3) is 0.500. The normalized spacial score (nSPS) is 9.80. The van der Waals surface area contributed by atoms with Crippen molar-refractivity contribution in [3.63, 3.8) is 0 Å². The smallest absolute Gasteiger partial charge is 0.319 e. The van der Waals surface area contributed by atoms with E-state index in [0.29, 0.717) is 0 Å². The summed E-state index contributed by atoms with van der Waals surface area (Å²) in [5, 5.41) is 24.2. The van der Waals surface area contributed by atoms with Gasteiger partial charge in [-0.1, -0.05) is 0 Å². The van der Waals surface area contributed by atoms with Crippen LogP contribution in [0.1, 0.15) is 0 Å². The van der Waals surface area contributed by atoms with Crippen LogP contribution in [0.3, 0.4) is 0 Å². The number of carbonyl (C=O) groups is 2. The third-order valence-electron chi connectivity index (χ3n) is 0.892. The molecular formula is C4H7NO5. The second-order valence-corrected chi connectivity index (χ2v) is 1.59. The topological polar surface area (TPSA) is 107 Å². The number of aliphatic carboxylic acids is 2. The van der Waals surface area contributed by atoms with E-state index in [4.69, 9.17) is 15.4 Å². The predicted molar refractivity (Wildman–Crippen MR) is 28.6 cm³/mol. The lowest BCUT2D eigenvalue weighted by atomic mass is 10.1. The molecule has 0 bridgehead atoms. The van der Waals surface area contributed by atoms with Crippen molar-refractivity contribution in [2.75, 3.05) is 6.54 Å². The Hall–Kier alpha value is -1.14. The molecule has 4 N–H and O–H groups in total. The molecule has 0 aromatic rings. The molecule has 0 heterocycles. The minimum atomic E-state index is -1.59. The lowest BCUT2D eigenvalue weighted by Gasteiger charge is -2.03. The summed E-state index contributed by atoms with van der Waals surface area (Å²) in [6.45, 7) is -0.495. The molecule has 0 saturated heterocycles. The van der Waals surface area contributed by atoms with E-state index in [2.05, 4.69) is 0 Å². The number of rotatable bonds is 4. The van der Waals surface area contributed by atoms with Gasteiger partial charge < -0.3 is 15.4 Å². The van der Waals surface area contributed by atoms with Crippen LogP contribution < -0.4 is 5.48 Å². The van der Waals surface area contributed by atoms with Crippen LogP contribution in [0.25, 0.3) is 0 Å². The highest BCUT2D eigenvalue weighted by Crippen LogP contribution is 1.93. The number of hydroxylamine groups is 1. The van der Waals surface area contributed by atoms with Gasteiger partial charge in [0.05, 0.1) is 0 Å². The molecule has 0 unspecified atom stereocenters. The maximum atomic E-state index is 10.00. The van der Waals surface area contributed by atoms with Gasteiger partial charge >= 0.3 is 11.9 Å². The Morgan fingerprint density at radius 3 is 1.80 bits per heavy atom. The Morgan fingerprint density at radius 1 is 1.30 bits per heavy atom. The third-order valence-corrected chi connectivity index (χ3v) is 0.892. The first-order valence-corrected chi connectivity index (χ1v) is 2.42. The largest absolute Gasteiger partial charge is 0.481 e. The van der Waals surface area contributed by atoms with Crippen molar-refractivity contribution < 1.29 is 25.0 Å². The van der Waals surface area contributed by atoms with Crippen LogP contribution in [0.15, 0.2) is 0 Å². The van der Waals surface area contributed by atoms with Gasteiger partial charge in [0.25, 0.3) is 0 Å². The standard InChI is InChI=1S/C4H7NO5/c6-3(7)2(1-5-10)4(8)9/h2,5,10H,1H2,(H,6,7)(H,8,9). The average molecular weight is 149 g/mol. The molecule has 0 rings (SSSR count). The number of nitrogens with one attached hydrogen (secondary N) is 1. The Kier molecular flexibility index (Phi) is 3.37. The van der Waals surface area contributed by atoms with E-state index in [0.717, 1.165) is 0 Å². The zero-order valence-corrected chi connectivity index (χ0v) is 4.94. The number of carboxylic acid groups (broad SMARTS) is 2. The second-order valence-electron chi connectivity index (χ2n) is 1.59. The number of hydrogen-bond acceptors (Lipinski definition) is 4. The van der Waals surface area contributed by atoms with Gasteiger partial charge in [-0.2, -0.15) is 0 Å². The van der Waals surface area contributed by atoms with Crippen molar-refractivity contribution in [1.82, 2.24) is 5.48 Å². The lowest BCUT2D eigenvalue weighted by molar-refractivity contribution is -0.155. The minimum Gasteiger partial charge on any atom is -0.481 e. The number of hydrogen-bond donors (Lipinski definition) is 4. The summed E-state index contributed by atoms with van der Waals surface area (Å²) in [7, 11) is 0. The Balaban J connectivity index is 3.98. The molecule has 0 amide bonds. The highest BCUT2D eigenvalue weighted by molar-refractivity contribution is 5.93. The van der Waals surface area contributed by atoms with Gasteiger partial charge in [-0.25, -0.2) is 5.48 Å². The van der Waals surface area contributed by atoms with Gasteiger partial charge in [0, 0.05) is 6.54 Å². The van der Waals surface area contributed by atoms with Gasteiger partial charge in [-0.15, -0.1) is 0 Å². The van der Waals surface area contributed by atoms with Crippen LogP contribution in [0.5, 0.6) is 0 Å². The molecule has 10 heavy (non-hydrogen) atoms. The molecule has 0 aliphatic heterocycles. The fourth-order valence-corrected chi connectivity index (χ4v) is 0.372. The van der Waals surface area contributed by atoms with Crippen LogP contribution in [0, 0.1) is 5.92 Å².